The van der Waals surface area contributed by atoms with Crippen molar-refractivity contribution in [1.82, 2.24) is 0 Å². The predicted molar refractivity (Wildman–Crippen MR) is 47.4 cm³/mol. The van der Waals surface area contributed by atoms with Crippen LogP contribution in [0, 0.1) is 12.7 Å². The van der Waals surface area contributed by atoms with Crippen LogP contribution in [0.2, 0.25) is 0 Å². The maximum Gasteiger partial charge on any atom is 0.394 e. The second-order valence-electron chi connectivity index (χ2n) is 2.74. The lowest BCUT2D eigenvalue weighted by Gasteiger charge is -2.03. The second kappa shape index (κ2) is 3.87. The summed E-state index contributed by atoms with van der Waals surface area (Å²) < 4.78 is 13.1. The van der Waals surface area contributed by atoms with Gasteiger partial charge in [-0.15, -0.1) is 0 Å². The van der Waals surface area contributed by atoms with E-state index in [9.17, 15) is 14.0 Å². The monoisotopic (exact) mass is 197 g/mol. The first-order chi connectivity index (χ1) is 6.50. The Morgan fingerprint density at radius 1 is 1.43 bits per heavy atom. The third-order valence-electron chi connectivity index (χ3n) is 1.57. The van der Waals surface area contributed by atoms with Crippen LogP contribution in [0.5, 0.6) is 0 Å². The Bertz CT molecular complexity index is 390. The first-order valence-electron chi connectivity index (χ1n) is 3.81. The molecule has 0 aliphatic rings. The van der Waals surface area contributed by atoms with Crippen LogP contribution in [-0.2, 0) is 9.59 Å². The molecular formula is C9H8FNO3. The number of nitrogens with one attached hydrogen (secondary N) is 1. The van der Waals surface area contributed by atoms with Crippen LogP contribution in [-0.4, -0.2) is 17.0 Å². The van der Waals surface area contributed by atoms with Gasteiger partial charge in [-0.1, -0.05) is 6.07 Å². The molecule has 0 saturated heterocycles. The molecule has 0 bridgehead atoms. The highest BCUT2D eigenvalue weighted by Crippen LogP contribution is 2.14. The van der Waals surface area contributed by atoms with Crippen molar-refractivity contribution < 1.29 is 19.1 Å². The molecule has 0 aromatic heterocycles. The number of amides is 1. The van der Waals surface area contributed by atoms with Gasteiger partial charge in [0.1, 0.15) is 5.82 Å². The molecule has 0 unspecified atom stereocenters. The Labute approximate surface area is 79.4 Å². The molecule has 1 rings (SSSR count). The average Bonchev–Trinajstić information content (AvgIpc) is 2.09. The fourth-order valence-corrected chi connectivity index (χ4v) is 0.897. The van der Waals surface area contributed by atoms with Crippen molar-refractivity contribution >= 4 is 17.6 Å². The van der Waals surface area contributed by atoms with E-state index in [4.69, 9.17) is 5.11 Å². The lowest BCUT2D eigenvalue weighted by Crippen LogP contribution is -2.22. The number of aliphatic carboxylic acids is 1. The molecule has 0 aliphatic carbocycles. The normalized spacial score (nSPS) is 9.57. The Morgan fingerprint density at radius 2 is 2.07 bits per heavy atom. The van der Waals surface area contributed by atoms with Gasteiger partial charge in [0.2, 0.25) is 0 Å². The van der Waals surface area contributed by atoms with Gasteiger partial charge < -0.3 is 10.4 Å². The van der Waals surface area contributed by atoms with E-state index in [0.29, 0.717) is 5.56 Å². The molecule has 0 fully saturated rings. The number of carboxylic acid groups (broad SMARTS) is 1. The molecular weight excluding hydrogens is 189 g/mol. The van der Waals surface area contributed by atoms with E-state index in [1.54, 1.807) is 13.0 Å². The van der Waals surface area contributed by atoms with Crippen LogP contribution in [0.3, 0.4) is 0 Å². The molecule has 14 heavy (non-hydrogen) atoms. The Kier molecular flexibility index (Phi) is 2.81. The molecule has 1 aromatic rings. The van der Waals surface area contributed by atoms with Crippen LogP contribution in [0.15, 0.2) is 18.2 Å². The Hall–Kier alpha value is -1.91. The van der Waals surface area contributed by atoms with Crippen LogP contribution >= 0.6 is 0 Å². The zero-order chi connectivity index (χ0) is 10.7. The van der Waals surface area contributed by atoms with E-state index in [2.05, 4.69) is 0 Å². The standard InChI is InChI=1S/C9H8FNO3/c1-5-2-3-7(6(10)4-5)11-8(12)9(13)14/h2-4H,1H3,(H,11,12)(H,13,14). The molecule has 0 aliphatic heterocycles. The third-order valence-corrected chi connectivity index (χ3v) is 1.57. The molecule has 0 radical (unpaired) electrons. The number of carbonyl (C=O) groups is 2. The lowest BCUT2D eigenvalue weighted by molar-refractivity contribution is -0.147. The van der Waals surface area contributed by atoms with Gasteiger partial charge in [0, 0.05) is 0 Å². The van der Waals surface area contributed by atoms with Crippen molar-refractivity contribution in [3.05, 3.63) is 29.6 Å². The molecule has 1 aromatic carbocycles. The molecule has 4 nitrogen and oxygen atoms in total. The van der Waals surface area contributed by atoms with Gasteiger partial charge in [0.15, 0.2) is 0 Å². The Morgan fingerprint density at radius 3 is 2.57 bits per heavy atom. The summed E-state index contributed by atoms with van der Waals surface area (Å²) in [4.78, 5) is 20.8. The van der Waals surface area contributed by atoms with Gasteiger partial charge in [-0.3, -0.25) is 4.79 Å². The van der Waals surface area contributed by atoms with Gasteiger partial charge in [0.25, 0.3) is 0 Å². The average molecular weight is 197 g/mol. The van der Waals surface area contributed by atoms with Gasteiger partial charge >= 0.3 is 11.9 Å². The van der Waals surface area contributed by atoms with E-state index in [1.165, 1.54) is 12.1 Å². The van der Waals surface area contributed by atoms with Crippen molar-refractivity contribution in [3.8, 4) is 0 Å². The van der Waals surface area contributed by atoms with E-state index in [-0.39, 0.29) is 5.69 Å². The van der Waals surface area contributed by atoms with Crippen LogP contribution in [0.25, 0.3) is 0 Å². The number of anilines is 1. The summed E-state index contributed by atoms with van der Waals surface area (Å²) in [6.07, 6.45) is 0. The molecule has 2 N–H and O–H groups in total. The maximum atomic E-state index is 13.1. The van der Waals surface area contributed by atoms with Crippen LogP contribution < -0.4 is 5.32 Å². The summed E-state index contributed by atoms with van der Waals surface area (Å²) in [6.45, 7) is 1.69. The summed E-state index contributed by atoms with van der Waals surface area (Å²) in [6, 6.07) is 4.09. The minimum Gasteiger partial charge on any atom is -0.474 e. The van der Waals surface area contributed by atoms with E-state index >= 15 is 0 Å². The van der Waals surface area contributed by atoms with E-state index in [1.807, 2.05) is 5.32 Å². The molecule has 74 valence electrons. The largest absolute Gasteiger partial charge is 0.474 e. The number of hydrogen-bond donors (Lipinski definition) is 2. The molecule has 0 spiro atoms. The third kappa shape index (κ3) is 2.29. The lowest BCUT2D eigenvalue weighted by atomic mass is 10.2. The van der Waals surface area contributed by atoms with Gasteiger partial charge in [-0.05, 0) is 24.6 Å². The molecule has 0 saturated carbocycles. The zero-order valence-electron chi connectivity index (χ0n) is 7.37. The number of hydrogen-bond acceptors (Lipinski definition) is 2. The fraction of sp³-hybridized carbons (Fsp3) is 0.111. The van der Waals surface area contributed by atoms with Crippen molar-refractivity contribution in [3.63, 3.8) is 0 Å². The first-order valence-corrected chi connectivity index (χ1v) is 3.81. The van der Waals surface area contributed by atoms with Crippen LogP contribution in [0.4, 0.5) is 10.1 Å². The highest BCUT2D eigenvalue weighted by molar-refractivity contribution is 6.36. The van der Waals surface area contributed by atoms with E-state index in [0.717, 1.165) is 0 Å². The van der Waals surface area contributed by atoms with E-state index < -0.39 is 17.7 Å². The van der Waals surface area contributed by atoms with Gasteiger partial charge in [-0.2, -0.15) is 0 Å². The van der Waals surface area contributed by atoms with Crippen molar-refractivity contribution in [2.45, 2.75) is 6.92 Å². The van der Waals surface area contributed by atoms with Crippen LogP contribution in [0.1, 0.15) is 5.56 Å². The minimum atomic E-state index is -1.65. The summed E-state index contributed by atoms with van der Waals surface area (Å²) in [5, 5.41) is 10.2. The summed E-state index contributed by atoms with van der Waals surface area (Å²) >= 11 is 0. The maximum absolute atomic E-state index is 13.1. The smallest absolute Gasteiger partial charge is 0.394 e. The summed E-state index contributed by atoms with van der Waals surface area (Å²) in [5.41, 5.74) is 0.554. The zero-order valence-corrected chi connectivity index (χ0v) is 7.37. The predicted octanol–water partition coefficient (Wildman–Crippen LogP) is 1.16. The highest BCUT2D eigenvalue weighted by atomic mass is 19.1. The fourth-order valence-electron chi connectivity index (χ4n) is 0.897. The minimum absolute atomic E-state index is 0.136. The first kappa shape index (κ1) is 10.2. The van der Waals surface area contributed by atoms with Gasteiger partial charge in [0.05, 0.1) is 5.69 Å². The number of aryl methyl sites for hydroxylation is 1. The van der Waals surface area contributed by atoms with Crippen molar-refractivity contribution in [2.75, 3.05) is 5.32 Å². The Balaban J connectivity index is 2.87. The molecule has 1 amide bonds. The van der Waals surface area contributed by atoms with Crippen molar-refractivity contribution in [1.29, 1.82) is 0 Å². The number of rotatable bonds is 1. The summed E-state index contributed by atoms with van der Waals surface area (Å²) in [5.74, 6) is -3.56. The topological polar surface area (TPSA) is 66.4 Å². The quantitative estimate of drug-likeness (QED) is 0.664. The highest BCUT2D eigenvalue weighted by Gasteiger charge is 2.13. The number of halogens is 1. The molecule has 0 atom stereocenters. The number of carboxylic acids is 1. The molecule has 0 heterocycles. The number of carbonyl (C=O) groups excluding carboxylic acids is 1. The SMILES string of the molecule is Cc1ccc(NC(=O)C(=O)O)c(F)c1. The van der Waals surface area contributed by atoms with Crippen molar-refractivity contribution in [2.24, 2.45) is 0 Å². The van der Waals surface area contributed by atoms with Gasteiger partial charge in [-0.25, -0.2) is 9.18 Å². The molecule has 5 heteroatoms. The second-order valence-corrected chi connectivity index (χ2v) is 2.74. The number of benzene rings is 1. The summed E-state index contributed by atoms with van der Waals surface area (Å²) in [7, 11) is 0.